The summed E-state index contributed by atoms with van der Waals surface area (Å²) in [6.07, 6.45) is 2.04. The van der Waals surface area contributed by atoms with Gasteiger partial charge in [0.15, 0.2) is 5.82 Å². The van der Waals surface area contributed by atoms with Crippen molar-refractivity contribution in [1.29, 1.82) is 0 Å². The topological polar surface area (TPSA) is 85.5 Å². The lowest BCUT2D eigenvalue weighted by atomic mass is 9.77. The number of nitrogens with zero attached hydrogens (tertiary/aromatic N) is 3. The summed E-state index contributed by atoms with van der Waals surface area (Å²) >= 11 is 0. The van der Waals surface area contributed by atoms with Gasteiger partial charge in [0.2, 0.25) is 10.0 Å². The lowest BCUT2D eigenvalue weighted by Gasteiger charge is -2.40. The van der Waals surface area contributed by atoms with E-state index >= 15 is 0 Å². The number of benzene rings is 1. The lowest BCUT2D eigenvalue weighted by Crippen LogP contribution is -2.50. The molecule has 1 saturated heterocycles. The Balaban J connectivity index is 1.94. The molecule has 27 heavy (non-hydrogen) atoms. The Hall–Kier alpha value is -1.84. The summed E-state index contributed by atoms with van der Waals surface area (Å²) in [6, 6.07) is 5.80. The lowest BCUT2D eigenvalue weighted by molar-refractivity contribution is 0.128. The summed E-state index contributed by atoms with van der Waals surface area (Å²) in [5, 5.41) is 4.15. The van der Waals surface area contributed by atoms with Crippen molar-refractivity contribution in [3.63, 3.8) is 0 Å². The average Bonchev–Trinajstić information content (AvgIpc) is 3.18. The van der Waals surface area contributed by atoms with Gasteiger partial charge in [0.1, 0.15) is 5.82 Å². The summed E-state index contributed by atoms with van der Waals surface area (Å²) in [4.78, 5) is 4.52. The van der Waals surface area contributed by atoms with Gasteiger partial charge in [-0.3, -0.25) is 0 Å². The van der Waals surface area contributed by atoms with Crippen LogP contribution in [0.1, 0.15) is 32.0 Å². The fourth-order valence-electron chi connectivity index (χ4n) is 3.45. The highest BCUT2D eigenvalue weighted by atomic mass is 32.2. The fraction of sp³-hybridized carbons (Fsp3) is 0.556. The van der Waals surface area contributed by atoms with Crippen LogP contribution in [0.15, 0.2) is 28.8 Å². The minimum Gasteiger partial charge on any atom is -0.385 e. The molecule has 1 fully saturated rings. The molecule has 0 aliphatic carbocycles. The van der Waals surface area contributed by atoms with Gasteiger partial charge >= 0.3 is 0 Å². The maximum absolute atomic E-state index is 13.1. The number of sulfonamides is 1. The number of hydrogen-bond acceptors (Lipinski definition) is 6. The van der Waals surface area contributed by atoms with Crippen LogP contribution in [-0.4, -0.2) is 55.4 Å². The van der Waals surface area contributed by atoms with E-state index in [-0.39, 0.29) is 17.5 Å². The number of rotatable bonds is 7. The zero-order valence-electron chi connectivity index (χ0n) is 15.5. The third kappa shape index (κ3) is 4.20. The second-order valence-corrected chi connectivity index (χ2v) is 9.05. The normalized spacial score (nSPS) is 21.4. The number of ether oxygens (including phenoxy) is 1. The van der Waals surface area contributed by atoms with Gasteiger partial charge in [-0.15, -0.1) is 0 Å². The molecule has 1 aromatic heterocycles. The molecule has 0 bridgehead atoms. The molecule has 0 spiro atoms. The highest BCUT2D eigenvalue weighted by molar-refractivity contribution is 7.89. The van der Waals surface area contributed by atoms with Crippen LogP contribution < -0.4 is 0 Å². The number of piperidine rings is 1. The molecule has 148 valence electrons. The number of halogens is 1. The van der Waals surface area contributed by atoms with Crippen LogP contribution in [0.2, 0.25) is 0 Å². The van der Waals surface area contributed by atoms with Crippen LogP contribution in [0.25, 0.3) is 11.5 Å². The maximum atomic E-state index is 13.1. The molecule has 1 aliphatic rings. The molecule has 1 aromatic carbocycles. The smallest absolute Gasteiger partial charge is 0.257 e. The van der Waals surface area contributed by atoms with E-state index in [1.807, 2.05) is 0 Å². The Kier molecular flexibility index (Phi) is 5.92. The molecule has 1 atom stereocenters. The number of aromatic nitrogens is 2. The van der Waals surface area contributed by atoms with E-state index in [0.717, 1.165) is 6.42 Å². The van der Waals surface area contributed by atoms with Crippen molar-refractivity contribution in [2.24, 2.45) is 0 Å². The van der Waals surface area contributed by atoms with Gasteiger partial charge in [0, 0.05) is 37.8 Å². The first-order valence-corrected chi connectivity index (χ1v) is 10.6. The molecule has 2 aromatic rings. The Morgan fingerprint density at radius 3 is 2.74 bits per heavy atom. The van der Waals surface area contributed by atoms with Crippen molar-refractivity contribution >= 4 is 10.0 Å². The number of hydrogen-bond donors (Lipinski definition) is 0. The summed E-state index contributed by atoms with van der Waals surface area (Å²) < 4.78 is 50.1. The molecule has 1 unspecified atom stereocenters. The van der Waals surface area contributed by atoms with Crippen molar-refractivity contribution in [2.45, 2.75) is 31.6 Å². The Morgan fingerprint density at radius 2 is 2.07 bits per heavy atom. The van der Waals surface area contributed by atoms with E-state index in [4.69, 9.17) is 9.26 Å². The van der Waals surface area contributed by atoms with Crippen molar-refractivity contribution in [1.82, 2.24) is 14.4 Å². The van der Waals surface area contributed by atoms with E-state index in [1.165, 1.54) is 16.4 Å². The van der Waals surface area contributed by atoms with Crippen LogP contribution in [0.4, 0.5) is 4.39 Å². The summed E-state index contributed by atoms with van der Waals surface area (Å²) in [5.74, 6) is 0.468. The van der Waals surface area contributed by atoms with E-state index in [0.29, 0.717) is 43.9 Å². The molecule has 9 heteroatoms. The Bertz CT molecular complexity index is 869. The molecule has 1 aliphatic heterocycles. The van der Waals surface area contributed by atoms with E-state index in [1.54, 1.807) is 26.2 Å². The molecular formula is C18H24FN3O4S. The van der Waals surface area contributed by atoms with Gasteiger partial charge in [0.05, 0.1) is 5.75 Å². The summed E-state index contributed by atoms with van der Waals surface area (Å²) in [7, 11) is -1.70. The molecule has 0 saturated carbocycles. The molecule has 0 radical (unpaired) electrons. The highest BCUT2D eigenvalue weighted by Crippen LogP contribution is 2.37. The largest absolute Gasteiger partial charge is 0.385 e. The molecule has 0 amide bonds. The van der Waals surface area contributed by atoms with Crippen LogP contribution >= 0.6 is 0 Å². The Labute approximate surface area is 158 Å². The predicted molar refractivity (Wildman–Crippen MR) is 98.1 cm³/mol. The van der Waals surface area contributed by atoms with Gasteiger partial charge in [-0.1, -0.05) is 5.16 Å². The SMILES string of the molecule is CCS(=O)(=O)N1CCCC(CCOC)(c2noc(-c3ccc(F)cc3)n2)C1. The van der Waals surface area contributed by atoms with Crippen molar-refractivity contribution in [3.8, 4) is 11.5 Å². The zero-order chi connectivity index (χ0) is 19.5. The second kappa shape index (κ2) is 8.04. The minimum absolute atomic E-state index is 0.0560. The van der Waals surface area contributed by atoms with Gasteiger partial charge < -0.3 is 9.26 Å². The van der Waals surface area contributed by atoms with Gasteiger partial charge in [-0.2, -0.15) is 4.98 Å². The minimum atomic E-state index is -3.31. The molecular weight excluding hydrogens is 373 g/mol. The van der Waals surface area contributed by atoms with Crippen molar-refractivity contribution < 1.29 is 22.1 Å². The zero-order valence-corrected chi connectivity index (χ0v) is 16.3. The fourth-order valence-corrected chi connectivity index (χ4v) is 4.67. The van der Waals surface area contributed by atoms with Gasteiger partial charge in [0.25, 0.3) is 5.89 Å². The monoisotopic (exact) mass is 397 g/mol. The van der Waals surface area contributed by atoms with Crippen molar-refractivity contribution in [2.75, 3.05) is 32.6 Å². The van der Waals surface area contributed by atoms with Crippen LogP contribution in [0, 0.1) is 5.82 Å². The summed E-state index contributed by atoms with van der Waals surface area (Å²) in [5.41, 5.74) is 0.0454. The Morgan fingerprint density at radius 1 is 1.33 bits per heavy atom. The molecule has 3 rings (SSSR count). The average molecular weight is 397 g/mol. The standard InChI is InChI=1S/C18H24FN3O4S/c1-3-27(23,24)22-11-4-9-18(13-22,10-12-25-2)17-20-16(26-21-17)14-5-7-15(19)8-6-14/h5-8H,3-4,9-13H2,1-2H3. The summed E-state index contributed by atoms with van der Waals surface area (Å²) in [6.45, 7) is 2.89. The highest BCUT2D eigenvalue weighted by Gasteiger charge is 2.43. The maximum Gasteiger partial charge on any atom is 0.257 e. The van der Waals surface area contributed by atoms with Crippen molar-refractivity contribution in [3.05, 3.63) is 35.9 Å². The number of methoxy groups -OCH3 is 1. The quantitative estimate of drug-likeness (QED) is 0.714. The van der Waals surface area contributed by atoms with Gasteiger partial charge in [-0.05, 0) is 50.5 Å². The predicted octanol–water partition coefficient (Wildman–Crippen LogP) is 2.60. The first-order chi connectivity index (χ1) is 12.9. The van der Waals surface area contributed by atoms with E-state index in [9.17, 15) is 12.8 Å². The first kappa shape index (κ1) is 19.9. The van der Waals surface area contributed by atoms with E-state index in [2.05, 4.69) is 10.1 Å². The molecule has 2 heterocycles. The van der Waals surface area contributed by atoms with E-state index < -0.39 is 15.4 Å². The third-order valence-electron chi connectivity index (χ3n) is 5.08. The van der Waals surface area contributed by atoms with Crippen LogP contribution in [0.5, 0.6) is 0 Å². The van der Waals surface area contributed by atoms with Crippen LogP contribution in [0.3, 0.4) is 0 Å². The first-order valence-electron chi connectivity index (χ1n) is 8.97. The third-order valence-corrected chi connectivity index (χ3v) is 6.90. The van der Waals surface area contributed by atoms with Gasteiger partial charge in [-0.25, -0.2) is 17.1 Å². The second-order valence-electron chi connectivity index (χ2n) is 6.79. The van der Waals surface area contributed by atoms with Crippen LogP contribution in [-0.2, 0) is 20.2 Å². The molecule has 0 N–H and O–H groups in total. The molecule has 7 nitrogen and oxygen atoms in total.